The first kappa shape index (κ1) is 13.5. The van der Waals surface area contributed by atoms with Crippen LogP contribution in [-0.4, -0.2) is 21.7 Å². The van der Waals surface area contributed by atoms with Crippen LogP contribution in [0.2, 0.25) is 5.02 Å². The standard InChI is InChI=1S/C12H14BrClN4/c13-10-4-3-9(6-11(10)14)7-15-5-1-2-12-16-8-17-18-12/h3-4,6,8,15H,1-2,5,7H2,(H,16,17,18). The molecule has 1 aromatic heterocycles. The summed E-state index contributed by atoms with van der Waals surface area (Å²) < 4.78 is 0.929. The molecule has 0 radical (unpaired) electrons. The Kier molecular flexibility index (Phi) is 5.16. The van der Waals surface area contributed by atoms with Crippen LogP contribution in [0.4, 0.5) is 0 Å². The quantitative estimate of drug-likeness (QED) is 0.801. The van der Waals surface area contributed by atoms with Gasteiger partial charge in [-0.15, -0.1) is 0 Å². The number of aryl methyl sites for hydroxylation is 1. The molecule has 0 unspecified atom stereocenters. The number of hydrogen-bond donors (Lipinski definition) is 2. The van der Waals surface area contributed by atoms with Gasteiger partial charge in [-0.25, -0.2) is 4.98 Å². The molecule has 0 aliphatic heterocycles. The molecule has 18 heavy (non-hydrogen) atoms. The van der Waals surface area contributed by atoms with Gasteiger partial charge in [0, 0.05) is 17.4 Å². The van der Waals surface area contributed by atoms with E-state index < -0.39 is 0 Å². The molecule has 1 heterocycles. The van der Waals surface area contributed by atoms with Crippen molar-refractivity contribution in [2.24, 2.45) is 0 Å². The van der Waals surface area contributed by atoms with Crippen LogP contribution in [0.3, 0.4) is 0 Å². The molecular weight excluding hydrogens is 316 g/mol. The van der Waals surface area contributed by atoms with Crippen molar-refractivity contribution in [3.05, 3.63) is 45.4 Å². The zero-order chi connectivity index (χ0) is 12.8. The van der Waals surface area contributed by atoms with E-state index in [0.29, 0.717) is 0 Å². The number of hydrogen-bond acceptors (Lipinski definition) is 3. The minimum atomic E-state index is 0.746. The Bertz CT molecular complexity index is 487. The Labute approximate surface area is 119 Å². The van der Waals surface area contributed by atoms with Crippen molar-refractivity contribution in [2.75, 3.05) is 6.54 Å². The van der Waals surface area contributed by atoms with Gasteiger partial charge in [0.15, 0.2) is 0 Å². The molecule has 0 aliphatic rings. The summed E-state index contributed by atoms with van der Waals surface area (Å²) in [5, 5.41) is 10.8. The molecule has 0 saturated carbocycles. The van der Waals surface area contributed by atoms with Crippen molar-refractivity contribution in [3.8, 4) is 0 Å². The van der Waals surface area contributed by atoms with E-state index in [4.69, 9.17) is 11.6 Å². The highest BCUT2D eigenvalue weighted by Crippen LogP contribution is 2.22. The maximum atomic E-state index is 6.03. The number of aromatic amines is 1. The monoisotopic (exact) mass is 328 g/mol. The Morgan fingerprint density at radius 1 is 1.39 bits per heavy atom. The third-order valence-electron chi connectivity index (χ3n) is 2.55. The molecule has 0 spiro atoms. The summed E-state index contributed by atoms with van der Waals surface area (Å²) in [6.07, 6.45) is 3.47. The van der Waals surface area contributed by atoms with Gasteiger partial charge in [0.25, 0.3) is 0 Å². The largest absolute Gasteiger partial charge is 0.313 e. The molecule has 0 bridgehead atoms. The zero-order valence-electron chi connectivity index (χ0n) is 9.79. The maximum absolute atomic E-state index is 6.03. The van der Waals surface area contributed by atoms with Crippen LogP contribution >= 0.6 is 27.5 Å². The molecule has 0 saturated heterocycles. The second-order valence-corrected chi connectivity index (χ2v) is 5.22. The average molecular weight is 330 g/mol. The fraction of sp³-hybridized carbons (Fsp3) is 0.333. The SMILES string of the molecule is Clc1cc(CNCCCc2ncn[nH]2)ccc1Br. The van der Waals surface area contributed by atoms with Crippen molar-refractivity contribution >= 4 is 27.5 Å². The lowest BCUT2D eigenvalue weighted by Crippen LogP contribution is -2.15. The molecule has 96 valence electrons. The summed E-state index contributed by atoms with van der Waals surface area (Å²) in [4.78, 5) is 4.08. The highest BCUT2D eigenvalue weighted by molar-refractivity contribution is 9.10. The van der Waals surface area contributed by atoms with E-state index in [1.54, 1.807) is 0 Å². The molecule has 2 aromatic rings. The van der Waals surface area contributed by atoms with E-state index >= 15 is 0 Å². The highest BCUT2D eigenvalue weighted by Gasteiger charge is 1.99. The van der Waals surface area contributed by atoms with Crippen LogP contribution < -0.4 is 5.32 Å². The third-order valence-corrected chi connectivity index (χ3v) is 3.78. The Hall–Kier alpha value is -0.910. The topological polar surface area (TPSA) is 53.6 Å². The predicted molar refractivity (Wildman–Crippen MR) is 75.6 cm³/mol. The lowest BCUT2D eigenvalue weighted by atomic mass is 10.2. The third kappa shape index (κ3) is 4.08. The Morgan fingerprint density at radius 3 is 3.00 bits per heavy atom. The van der Waals surface area contributed by atoms with Gasteiger partial charge in [0.2, 0.25) is 0 Å². The Morgan fingerprint density at radius 2 is 2.28 bits per heavy atom. The first-order valence-corrected chi connectivity index (χ1v) is 6.91. The summed E-state index contributed by atoms with van der Waals surface area (Å²) in [5.74, 6) is 0.934. The van der Waals surface area contributed by atoms with Crippen LogP contribution in [0, 0.1) is 0 Å². The van der Waals surface area contributed by atoms with E-state index in [1.165, 1.54) is 11.9 Å². The molecule has 0 atom stereocenters. The fourth-order valence-corrected chi connectivity index (χ4v) is 2.06. The van der Waals surface area contributed by atoms with E-state index in [0.717, 1.165) is 41.3 Å². The molecule has 1 aromatic carbocycles. The molecule has 4 nitrogen and oxygen atoms in total. The zero-order valence-corrected chi connectivity index (χ0v) is 12.1. The van der Waals surface area contributed by atoms with E-state index in [-0.39, 0.29) is 0 Å². The molecule has 0 fully saturated rings. The van der Waals surface area contributed by atoms with Gasteiger partial charge >= 0.3 is 0 Å². The van der Waals surface area contributed by atoms with Crippen LogP contribution in [0.15, 0.2) is 29.0 Å². The van der Waals surface area contributed by atoms with Crippen LogP contribution in [0.1, 0.15) is 17.8 Å². The molecular formula is C12H14BrClN4. The van der Waals surface area contributed by atoms with Crippen molar-refractivity contribution in [1.29, 1.82) is 0 Å². The van der Waals surface area contributed by atoms with Gasteiger partial charge in [0.05, 0.1) is 5.02 Å². The minimum Gasteiger partial charge on any atom is -0.313 e. The lowest BCUT2D eigenvalue weighted by Gasteiger charge is -2.05. The van der Waals surface area contributed by atoms with Crippen LogP contribution in [0.5, 0.6) is 0 Å². The highest BCUT2D eigenvalue weighted by atomic mass is 79.9. The maximum Gasteiger partial charge on any atom is 0.137 e. The molecule has 2 rings (SSSR count). The number of halogens is 2. The number of aromatic nitrogens is 3. The number of benzene rings is 1. The smallest absolute Gasteiger partial charge is 0.137 e. The molecule has 2 N–H and O–H groups in total. The summed E-state index contributed by atoms with van der Waals surface area (Å²) in [7, 11) is 0. The summed E-state index contributed by atoms with van der Waals surface area (Å²) >= 11 is 9.40. The van der Waals surface area contributed by atoms with E-state index in [1.807, 2.05) is 12.1 Å². The fourth-order valence-electron chi connectivity index (χ4n) is 1.61. The van der Waals surface area contributed by atoms with Crippen LogP contribution in [-0.2, 0) is 13.0 Å². The number of rotatable bonds is 6. The number of nitrogens with zero attached hydrogens (tertiary/aromatic N) is 2. The minimum absolute atomic E-state index is 0.746. The van der Waals surface area contributed by atoms with Crippen molar-refractivity contribution in [2.45, 2.75) is 19.4 Å². The summed E-state index contributed by atoms with van der Waals surface area (Å²) in [6.45, 7) is 1.76. The second kappa shape index (κ2) is 6.87. The molecule has 0 amide bonds. The van der Waals surface area contributed by atoms with Crippen LogP contribution in [0.25, 0.3) is 0 Å². The molecule has 0 aliphatic carbocycles. The van der Waals surface area contributed by atoms with Gasteiger partial charge in [-0.05, 0) is 46.6 Å². The van der Waals surface area contributed by atoms with Gasteiger partial charge < -0.3 is 5.32 Å². The van der Waals surface area contributed by atoms with Gasteiger partial charge in [-0.3, -0.25) is 5.10 Å². The first-order chi connectivity index (χ1) is 8.75. The Balaban J connectivity index is 1.67. The summed E-state index contributed by atoms with van der Waals surface area (Å²) in [5.41, 5.74) is 1.18. The summed E-state index contributed by atoms with van der Waals surface area (Å²) in [6, 6.07) is 5.99. The normalized spacial score (nSPS) is 10.8. The number of nitrogens with one attached hydrogen (secondary N) is 2. The van der Waals surface area contributed by atoms with Crippen molar-refractivity contribution in [3.63, 3.8) is 0 Å². The molecule has 6 heteroatoms. The average Bonchev–Trinajstić information content (AvgIpc) is 2.86. The lowest BCUT2D eigenvalue weighted by molar-refractivity contribution is 0.639. The van der Waals surface area contributed by atoms with Crippen molar-refractivity contribution < 1.29 is 0 Å². The predicted octanol–water partition coefficient (Wildman–Crippen LogP) is 2.94. The number of H-pyrrole nitrogens is 1. The van der Waals surface area contributed by atoms with E-state index in [2.05, 4.69) is 42.5 Å². The first-order valence-electron chi connectivity index (χ1n) is 5.74. The van der Waals surface area contributed by atoms with Gasteiger partial charge in [-0.1, -0.05) is 17.7 Å². The van der Waals surface area contributed by atoms with E-state index in [9.17, 15) is 0 Å². The van der Waals surface area contributed by atoms with Crippen molar-refractivity contribution in [1.82, 2.24) is 20.5 Å². The van der Waals surface area contributed by atoms with Gasteiger partial charge in [-0.2, -0.15) is 5.10 Å². The van der Waals surface area contributed by atoms with Gasteiger partial charge in [0.1, 0.15) is 12.2 Å². The second-order valence-electron chi connectivity index (χ2n) is 3.96.